The van der Waals surface area contributed by atoms with Gasteiger partial charge in [-0.05, 0) is 43.7 Å². The Bertz CT molecular complexity index is 788. The lowest BCUT2D eigenvalue weighted by molar-refractivity contribution is 0.594. The van der Waals surface area contributed by atoms with Crippen LogP contribution in [-0.2, 0) is 10.0 Å². The molecule has 112 valence electrons. The molecule has 4 nitrogen and oxygen atoms in total. The zero-order chi connectivity index (χ0) is 15.8. The van der Waals surface area contributed by atoms with Crippen LogP contribution in [0, 0.1) is 13.8 Å². The summed E-state index contributed by atoms with van der Waals surface area (Å²) in [5.41, 5.74) is 8.54. The van der Waals surface area contributed by atoms with Gasteiger partial charge < -0.3 is 5.73 Å². The average molecular weight is 325 g/mol. The molecule has 0 fully saturated rings. The van der Waals surface area contributed by atoms with Crippen LogP contribution < -0.4 is 10.0 Å². The van der Waals surface area contributed by atoms with Gasteiger partial charge in [-0.1, -0.05) is 29.3 Å². The van der Waals surface area contributed by atoms with Gasteiger partial charge in [0.05, 0.1) is 21.3 Å². The number of nitrogens with two attached hydrogens (primary N) is 1. The maximum Gasteiger partial charge on any atom is 0.264 e. The van der Waals surface area contributed by atoms with Crippen LogP contribution in [0.3, 0.4) is 0 Å². The normalized spacial score (nSPS) is 11.4. The van der Waals surface area contributed by atoms with E-state index >= 15 is 0 Å². The Balaban J connectivity index is 2.49. The van der Waals surface area contributed by atoms with Gasteiger partial charge in [0, 0.05) is 7.05 Å². The van der Waals surface area contributed by atoms with Crippen LogP contribution in [0.5, 0.6) is 0 Å². The van der Waals surface area contributed by atoms with E-state index < -0.39 is 10.0 Å². The highest BCUT2D eigenvalue weighted by Crippen LogP contribution is 2.28. The Labute approximate surface area is 130 Å². The second kappa shape index (κ2) is 5.58. The highest BCUT2D eigenvalue weighted by molar-refractivity contribution is 7.92. The monoisotopic (exact) mass is 324 g/mol. The molecule has 0 spiro atoms. The fraction of sp³-hybridized carbons (Fsp3) is 0.200. The van der Waals surface area contributed by atoms with Crippen molar-refractivity contribution in [3.8, 4) is 0 Å². The fourth-order valence-corrected chi connectivity index (χ4v) is 3.54. The van der Waals surface area contributed by atoms with Crippen molar-refractivity contribution in [2.24, 2.45) is 0 Å². The average Bonchev–Trinajstić information content (AvgIpc) is 2.41. The highest BCUT2D eigenvalue weighted by Gasteiger charge is 2.23. The summed E-state index contributed by atoms with van der Waals surface area (Å²) in [6.45, 7) is 3.84. The van der Waals surface area contributed by atoms with Crippen LogP contribution in [0.1, 0.15) is 11.1 Å². The molecule has 0 unspecified atom stereocenters. The van der Waals surface area contributed by atoms with Crippen molar-refractivity contribution in [3.63, 3.8) is 0 Å². The van der Waals surface area contributed by atoms with Crippen molar-refractivity contribution in [1.82, 2.24) is 0 Å². The van der Waals surface area contributed by atoms with E-state index in [1.54, 1.807) is 6.07 Å². The van der Waals surface area contributed by atoms with E-state index in [9.17, 15) is 8.42 Å². The van der Waals surface area contributed by atoms with E-state index in [0.29, 0.717) is 10.7 Å². The highest BCUT2D eigenvalue weighted by atomic mass is 35.5. The summed E-state index contributed by atoms with van der Waals surface area (Å²) in [6, 6.07) is 9.93. The molecule has 2 aromatic carbocycles. The van der Waals surface area contributed by atoms with Crippen LogP contribution in [-0.4, -0.2) is 15.5 Å². The molecule has 2 N–H and O–H groups in total. The molecular weight excluding hydrogens is 308 g/mol. The minimum absolute atomic E-state index is 0.117. The van der Waals surface area contributed by atoms with Crippen molar-refractivity contribution < 1.29 is 8.42 Å². The summed E-state index contributed by atoms with van der Waals surface area (Å²) in [5, 5.41) is 0.336. The van der Waals surface area contributed by atoms with E-state index in [2.05, 4.69) is 0 Å². The molecule has 2 rings (SSSR count). The third-order valence-corrected chi connectivity index (χ3v) is 5.43. The number of hydrogen-bond acceptors (Lipinski definition) is 3. The quantitative estimate of drug-likeness (QED) is 0.880. The first-order valence-electron chi connectivity index (χ1n) is 6.34. The second-order valence-electron chi connectivity index (χ2n) is 4.95. The van der Waals surface area contributed by atoms with Crippen LogP contribution >= 0.6 is 11.6 Å². The smallest absolute Gasteiger partial charge is 0.264 e. The largest absolute Gasteiger partial charge is 0.397 e. The Morgan fingerprint density at radius 2 is 1.76 bits per heavy atom. The minimum atomic E-state index is -3.67. The number of nitrogen functional groups attached to an aromatic ring is 1. The van der Waals surface area contributed by atoms with Gasteiger partial charge in [0.2, 0.25) is 0 Å². The molecule has 0 aliphatic heterocycles. The van der Waals surface area contributed by atoms with Crippen molar-refractivity contribution in [2.75, 3.05) is 17.1 Å². The van der Waals surface area contributed by atoms with Crippen LogP contribution in [0.4, 0.5) is 11.4 Å². The maximum atomic E-state index is 12.7. The van der Waals surface area contributed by atoms with Gasteiger partial charge in [-0.3, -0.25) is 4.31 Å². The summed E-state index contributed by atoms with van der Waals surface area (Å²) in [7, 11) is -2.15. The molecule has 0 saturated carbocycles. The van der Waals surface area contributed by atoms with Gasteiger partial charge in [0.25, 0.3) is 10.0 Å². The first-order chi connectivity index (χ1) is 9.73. The van der Waals surface area contributed by atoms with Gasteiger partial charge in [-0.25, -0.2) is 8.42 Å². The predicted molar refractivity (Wildman–Crippen MR) is 87.4 cm³/mol. The molecule has 0 aliphatic carbocycles. The van der Waals surface area contributed by atoms with Gasteiger partial charge in [0.15, 0.2) is 0 Å². The van der Waals surface area contributed by atoms with Crippen LogP contribution in [0.25, 0.3) is 0 Å². The molecule has 0 radical (unpaired) electrons. The third kappa shape index (κ3) is 2.99. The van der Waals surface area contributed by atoms with Crippen LogP contribution in [0.2, 0.25) is 5.02 Å². The first-order valence-corrected chi connectivity index (χ1v) is 8.16. The molecule has 0 amide bonds. The zero-order valence-electron chi connectivity index (χ0n) is 12.1. The Morgan fingerprint density at radius 3 is 2.33 bits per heavy atom. The number of aryl methyl sites for hydroxylation is 2. The maximum absolute atomic E-state index is 12.7. The van der Waals surface area contributed by atoms with Crippen molar-refractivity contribution in [2.45, 2.75) is 18.7 Å². The summed E-state index contributed by atoms with van der Waals surface area (Å²) in [4.78, 5) is 0.117. The SMILES string of the molecule is Cc1ccc(N(C)S(=O)(=O)c2ccc(Cl)c(N)c2)c(C)c1. The summed E-state index contributed by atoms with van der Waals surface area (Å²) < 4.78 is 26.6. The number of benzene rings is 2. The molecule has 0 atom stereocenters. The fourth-order valence-electron chi connectivity index (χ4n) is 2.13. The lowest BCUT2D eigenvalue weighted by Gasteiger charge is -2.22. The molecule has 6 heteroatoms. The molecule has 21 heavy (non-hydrogen) atoms. The van der Waals surface area contributed by atoms with Gasteiger partial charge in [-0.2, -0.15) is 0 Å². The number of nitrogens with zero attached hydrogens (tertiary/aromatic N) is 1. The van der Waals surface area contributed by atoms with Crippen molar-refractivity contribution >= 4 is 33.0 Å². The van der Waals surface area contributed by atoms with Gasteiger partial charge >= 0.3 is 0 Å². The Hall–Kier alpha value is -1.72. The van der Waals surface area contributed by atoms with E-state index in [4.69, 9.17) is 17.3 Å². The second-order valence-corrected chi connectivity index (χ2v) is 7.32. The number of halogens is 1. The lowest BCUT2D eigenvalue weighted by atomic mass is 10.1. The summed E-state index contributed by atoms with van der Waals surface area (Å²) >= 11 is 5.84. The summed E-state index contributed by atoms with van der Waals surface area (Å²) in [6.07, 6.45) is 0. The van der Waals surface area contributed by atoms with Gasteiger partial charge in [0.1, 0.15) is 0 Å². The molecular formula is C15H17ClN2O2S. The van der Waals surface area contributed by atoms with Crippen molar-refractivity contribution in [3.05, 3.63) is 52.5 Å². The van der Waals surface area contributed by atoms with E-state index in [1.807, 2.05) is 26.0 Å². The van der Waals surface area contributed by atoms with E-state index in [1.165, 1.54) is 29.6 Å². The molecule has 0 aliphatic rings. The number of rotatable bonds is 3. The summed E-state index contributed by atoms with van der Waals surface area (Å²) in [5.74, 6) is 0. The zero-order valence-corrected chi connectivity index (χ0v) is 13.7. The Morgan fingerprint density at radius 1 is 1.10 bits per heavy atom. The van der Waals surface area contributed by atoms with Gasteiger partial charge in [-0.15, -0.1) is 0 Å². The lowest BCUT2D eigenvalue weighted by Crippen LogP contribution is -2.27. The van der Waals surface area contributed by atoms with Crippen molar-refractivity contribution in [1.29, 1.82) is 0 Å². The standard InChI is InChI=1S/C15H17ClN2O2S/c1-10-4-7-15(11(2)8-10)18(3)21(19,20)12-5-6-13(16)14(17)9-12/h4-9H,17H2,1-3H3. The topological polar surface area (TPSA) is 63.4 Å². The van der Waals surface area contributed by atoms with E-state index in [0.717, 1.165) is 11.1 Å². The number of hydrogen-bond donors (Lipinski definition) is 1. The molecule has 0 aromatic heterocycles. The Kier molecular flexibility index (Phi) is 4.16. The molecule has 0 bridgehead atoms. The number of anilines is 2. The third-order valence-electron chi connectivity index (χ3n) is 3.32. The molecule has 2 aromatic rings. The number of sulfonamides is 1. The first kappa shape index (κ1) is 15.7. The predicted octanol–water partition coefficient (Wildman–Crippen LogP) is 3.36. The molecule has 0 saturated heterocycles. The van der Waals surface area contributed by atoms with E-state index in [-0.39, 0.29) is 10.6 Å². The van der Waals surface area contributed by atoms with Crippen LogP contribution in [0.15, 0.2) is 41.3 Å². The molecule has 0 heterocycles. The minimum Gasteiger partial charge on any atom is -0.397 e.